The molecule has 1 aromatic carbocycles. The SMILES string of the molecule is CC(C)(C)CC(N)c1cccc(F)c1F. The topological polar surface area (TPSA) is 26.0 Å². The van der Waals surface area contributed by atoms with Crippen LogP contribution in [0.4, 0.5) is 8.78 Å². The lowest BCUT2D eigenvalue weighted by Crippen LogP contribution is -2.20. The molecule has 84 valence electrons. The van der Waals surface area contributed by atoms with E-state index in [2.05, 4.69) is 0 Å². The van der Waals surface area contributed by atoms with Crippen molar-refractivity contribution < 1.29 is 8.78 Å². The Kier molecular flexibility index (Phi) is 3.45. The zero-order valence-corrected chi connectivity index (χ0v) is 9.35. The zero-order chi connectivity index (χ0) is 11.6. The van der Waals surface area contributed by atoms with Crippen LogP contribution >= 0.6 is 0 Å². The van der Waals surface area contributed by atoms with Gasteiger partial charge in [0.25, 0.3) is 0 Å². The lowest BCUT2D eigenvalue weighted by atomic mass is 9.86. The van der Waals surface area contributed by atoms with Crippen LogP contribution < -0.4 is 5.73 Å². The predicted molar refractivity (Wildman–Crippen MR) is 57.4 cm³/mol. The summed E-state index contributed by atoms with van der Waals surface area (Å²) in [5, 5.41) is 0. The summed E-state index contributed by atoms with van der Waals surface area (Å²) in [6, 6.07) is 3.66. The lowest BCUT2D eigenvalue weighted by Gasteiger charge is -2.23. The molecule has 3 heteroatoms. The molecule has 0 radical (unpaired) electrons. The van der Waals surface area contributed by atoms with E-state index in [9.17, 15) is 8.78 Å². The van der Waals surface area contributed by atoms with Crippen molar-refractivity contribution in [3.05, 3.63) is 35.4 Å². The highest BCUT2D eigenvalue weighted by molar-refractivity contribution is 5.22. The number of halogens is 2. The van der Waals surface area contributed by atoms with Gasteiger partial charge in [0.15, 0.2) is 11.6 Å². The molecule has 0 bridgehead atoms. The van der Waals surface area contributed by atoms with Crippen LogP contribution in [0, 0.1) is 17.0 Å². The second-order valence-corrected chi connectivity index (χ2v) is 5.01. The van der Waals surface area contributed by atoms with E-state index in [4.69, 9.17) is 5.73 Å². The summed E-state index contributed by atoms with van der Waals surface area (Å²) in [6.07, 6.45) is 0.618. The monoisotopic (exact) mass is 213 g/mol. The van der Waals surface area contributed by atoms with E-state index in [1.165, 1.54) is 12.1 Å². The molecule has 0 aromatic heterocycles. The smallest absolute Gasteiger partial charge is 0.163 e. The molecule has 1 rings (SSSR count). The highest BCUT2D eigenvalue weighted by atomic mass is 19.2. The summed E-state index contributed by atoms with van der Waals surface area (Å²) in [5.41, 5.74) is 6.10. The first-order chi connectivity index (χ1) is 6.81. The predicted octanol–water partition coefficient (Wildman–Crippen LogP) is 3.40. The molecule has 0 aliphatic carbocycles. The van der Waals surface area contributed by atoms with Crippen molar-refractivity contribution in [2.24, 2.45) is 11.1 Å². The molecular formula is C12H17F2N. The van der Waals surface area contributed by atoms with Crippen LogP contribution in [-0.4, -0.2) is 0 Å². The van der Waals surface area contributed by atoms with E-state index in [-0.39, 0.29) is 11.0 Å². The number of nitrogens with two attached hydrogens (primary N) is 1. The largest absolute Gasteiger partial charge is 0.324 e. The van der Waals surface area contributed by atoms with Crippen molar-refractivity contribution >= 4 is 0 Å². The summed E-state index contributed by atoms with van der Waals surface area (Å²) < 4.78 is 26.3. The first-order valence-corrected chi connectivity index (χ1v) is 5.01. The van der Waals surface area contributed by atoms with Gasteiger partial charge < -0.3 is 5.73 Å². The van der Waals surface area contributed by atoms with Crippen LogP contribution in [0.25, 0.3) is 0 Å². The molecule has 0 amide bonds. The Morgan fingerprint density at radius 3 is 2.40 bits per heavy atom. The van der Waals surface area contributed by atoms with Crippen molar-refractivity contribution in [3.8, 4) is 0 Å². The van der Waals surface area contributed by atoms with Crippen molar-refractivity contribution in [2.75, 3.05) is 0 Å². The second kappa shape index (κ2) is 4.27. The third kappa shape index (κ3) is 3.27. The number of benzene rings is 1. The molecule has 0 aliphatic rings. The van der Waals surface area contributed by atoms with Crippen molar-refractivity contribution in [2.45, 2.75) is 33.2 Å². The Balaban J connectivity index is 2.92. The molecule has 0 aliphatic heterocycles. The summed E-state index contributed by atoms with van der Waals surface area (Å²) in [6.45, 7) is 6.05. The van der Waals surface area contributed by atoms with Gasteiger partial charge in [0.1, 0.15) is 0 Å². The van der Waals surface area contributed by atoms with Gasteiger partial charge in [-0.25, -0.2) is 8.78 Å². The number of hydrogen-bond donors (Lipinski definition) is 1. The van der Waals surface area contributed by atoms with Crippen LogP contribution in [0.3, 0.4) is 0 Å². The molecule has 0 saturated carbocycles. The minimum Gasteiger partial charge on any atom is -0.324 e. The Labute approximate surface area is 89.3 Å². The molecule has 1 unspecified atom stereocenters. The highest BCUT2D eigenvalue weighted by Gasteiger charge is 2.20. The quantitative estimate of drug-likeness (QED) is 0.800. The zero-order valence-electron chi connectivity index (χ0n) is 9.35. The van der Waals surface area contributed by atoms with E-state index in [1.807, 2.05) is 20.8 Å². The third-order valence-corrected chi connectivity index (χ3v) is 2.21. The third-order valence-electron chi connectivity index (χ3n) is 2.21. The average molecular weight is 213 g/mol. The summed E-state index contributed by atoms with van der Waals surface area (Å²) in [4.78, 5) is 0. The molecule has 0 spiro atoms. The van der Waals surface area contributed by atoms with E-state index in [0.717, 1.165) is 6.07 Å². The van der Waals surface area contributed by atoms with Gasteiger partial charge in [-0.2, -0.15) is 0 Å². The van der Waals surface area contributed by atoms with Gasteiger partial charge in [-0.1, -0.05) is 32.9 Å². The fourth-order valence-corrected chi connectivity index (χ4v) is 1.58. The Morgan fingerprint density at radius 1 is 1.27 bits per heavy atom. The normalized spacial score (nSPS) is 14.0. The van der Waals surface area contributed by atoms with Gasteiger partial charge >= 0.3 is 0 Å². The summed E-state index contributed by atoms with van der Waals surface area (Å²) in [5.74, 6) is -1.66. The standard InChI is InChI=1S/C12H17F2N/c1-12(2,3)7-10(15)8-5-4-6-9(13)11(8)14/h4-6,10H,7,15H2,1-3H3. The van der Waals surface area contributed by atoms with Crippen LogP contribution in [0.2, 0.25) is 0 Å². The van der Waals surface area contributed by atoms with E-state index < -0.39 is 17.7 Å². The van der Waals surface area contributed by atoms with Crippen LogP contribution in [0.15, 0.2) is 18.2 Å². The number of rotatable bonds is 2. The van der Waals surface area contributed by atoms with E-state index in [0.29, 0.717) is 6.42 Å². The maximum atomic E-state index is 13.4. The van der Waals surface area contributed by atoms with E-state index >= 15 is 0 Å². The van der Waals surface area contributed by atoms with Gasteiger partial charge in [-0.15, -0.1) is 0 Å². The van der Waals surface area contributed by atoms with Gasteiger partial charge in [0.05, 0.1) is 0 Å². The maximum Gasteiger partial charge on any atom is 0.163 e. The molecule has 15 heavy (non-hydrogen) atoms. The molecule has 2 N–H and O–H groups in total. The average Bonchev–Trinajstić information content (AvgIpc) is 2.06. The molecule has 1 nitrogen and oxygen atoms in total. The molecule has 1 atom stereocenters. The van der Waals surface area contributed by atoms with E-state index in [1.54, 1.807) is 0 Å². The Bertz CT molecular complexity index is 342. The fourth-order valence-electron chi connectivity index (χ4n) is 1.58. The van der Waals surface area contributed by atoms with Crippen LogP contribution in [0.1, 0.15) is 38.8 Å². The lowest BCUT2D eigenvalue weighted by molar-refractivity contribution is 0.336. The summed E-state index contributed by atoms with van der Waals surface area (Å²) >= 11 is 0. The van der Waals surface area contributed by atoms with Crippen LogP contribution in [-0.2, 0) is 0 Å². The fraction of sp³-hybridized carbons (Fsp3) is 0.500. The van der Waals surface area contributed by atoms with Gasteiger partial charge in [-0.3, -0.25) is 0 Å². The first kappa shape index (κ1) is 12.1. The van der Waals surface area contributed by atoms with Gasteiger partial charge in [0, 0.05) is 11.6 Å². The molecule has 0 fully saturated rings. The molecular weight excluding hydrogens is 196 g/mol. The second-order valence-electron chi connectivity index (χ2n) is 5.01. The minimum absolute atomic E-state index is 0.00181. The van der Waals surface area contributed by atoms with Crippen molar-refractivity contribution in [3.63, 3.8) is 0 Å². The van der Waals surface area contributed by atoms with Gasteiger partial charge in [0.2, 0.25) is 0 Å². The maximum absolute atomic E-state index is 13.4. The molecule has 0 saturated heterocycles. The molecule has 1 aromatic rings. The van der Waals surface area contributed by atoms with Crippen molar-refractivity contribution in [1.29, 1.82) is 0 Å². The summed E-state index contributed by atoms with van der Waals surface area (Å²) in [7, 11) is 0. The Morgan fingerprint density at radius 2 is 1.87 bits per heavy atom. The highest BCUT2D eigenvalue weighted by Crippen LogP contribution is 2.29. The van der Waals surface area contributed by atoms with Gasteiger partial charge in [-0.05, 0) is 17.9 Å². The van der Waals surface area contributed by atoms with Crippen LogP contribution in [0.5, 0.6) is 0 Å². The molecule has 0 heterocycles. The number of hydrogen-bond acceptors (Lipinski definition) is 1. The Hall–Kier alpha value is -0.960. The van der Waals surface area contributed by atoms with Crippen molar-refractivity contribution in [1.82, 2.24) is 0 Å². The minimum atomic E-state index is -0.836. The first-order valence-electron chi connectivity index (χ1n) is 5.01.